The van der Waals surface area contributed by atoms with Gasteiger partial charge in [0.05, 0.1) is 25.5 Å². The smallest absolute Gasteiger partial charge is 0.348 e. The summed E-state index contributed by atoms with van der Waals surface area (Å²) in [5.74, 6) is -1.23. The standard InChI is InChI=1S/C19H26FN3O6S/c1-28-18-17(15-11-14(20)3-4-16(15)23(18)25)19(24)29-12-13-5-8-22(9-6-13)10-7-21-30(2,26)27/h3-4,11,13,21,23H,5-10,12H2,1-2H3. The molecule has 0 aliphatic carbocycles. The summed E-state index contributed by atoms with van der Waals surface area (Å²) in [6.45, 7) is 2.70. The first-order valence-electron chi connectivity index (χ1n) is 9.66. The maximum absolute atomic E-state index is 13.7. The van der Waals surface area contributed by atoms with Gasteiger partial charge in [0.2, 0.25) is 10.0 Å². The van der Waals surface area contributed by atoms with Crippen molar-refractivity contribution in [3.05, 3.63) is 40.7 Å². The molecule has 9 nitrogen and oxygen atoms in total. The van der Waals surface area contributed by atoms with Crippen molar-refractivity contribution in [3.8, 4) is 0 Å². The number of hydroxylamine groups is 1. The zero-order valence-corrected chi connectivity index (χ0v) is 17.8. The molecule has 0 saturated carbocycles. The first-order chi connectivity index (χ1) is 14.2. The van der Waals surface area contributed by atoms with E-state index in [0.717, 1.165) is 44.3 Å². The van der Waals surface area contributed by atoms with Crippen molar-refractivity contribution in [3.63, 3.8) is 0 Å². The predicted molar refractivity (Wildman–Crippen MR) is 107 cm³/mol. The number of nitrogens with one attached hydrogen (secondary N) is 2. The van der Waals surface area contributed by atoms with Crippen molar-refractivity contribution in [2.45, 2.75) is 12.8 Å². The lowest BCUT2D eigenvalue weighted by atomic mass is 9.98. The van der Waals surface area contributed by atoms with Gasteiger partial charge < -0.3 is 19.6 Å². The molecular formula is C19H26FN3O6S. The lowest BCUT2D eigenvalue weighted by molar-refractivity contribution is -0.747. The lowest BCUT2D eigenvalue weighted by Gasteiger charge is -2.31. The zero-order chi connectivity index (χ0) is 21.9. The monoisotopic (exact) mass is 443 g/mol. The maximum atomic E-state index is 13.7. The number of hydrogen-bond acceptors (Lipinski definition) is 7. The number of quaternary nitrogens is 1. The molecular weight excluding hydrogens is 417 g/mol. The summed E-state index contributed by atoms with van der Waals surface area (Å²) >= 11 is 0. The summed E-state index contributed by atoms with van der Waals surface area (Å²) in [5.41, 5.74) is 0.368. The number of fused-ring (bicyclic) bond motifs is 1. The Hall–Kier alpha value is -2.05. The number of carbonyl (C=O) groups excluding carboxylic acids is 1. The van der Waals surface area contributed by atoms with E-state index in [0.29, 0.717) is 13.1 Å². The summed E-state index contributed by atoms with van der Waals surface area (Å²) in [5, 5.41) is 11.9. The van der Waals surface area contributed by atoms with Crippen LogP contribution in [0, 0.1) is 16.9 Å². The van der Waals surface area contributed by atoms with Crippen molar-refractivity contribution < 1.29 is 32.1 Å². The number of piperidine rings is 1. The third-order valence-electron chi connectivity index (χ3n) is 5.29. The number of carbonyl (C=O) groups is 1. The number of sulfonamides is 1. The number of nitrogens with zero attached hydrogens (tertiary/aromatic N) is 1. The first kappa shape index (κ1) is 22.6. The molecule has 1 atom stereocenters. The van der Waals surface area contributed by atoms with Crippen molar-refractivity contribution in [2.24, 2.45) is 5.92 Å². The molecule has 1 aromatic carbocycles. The van der Waals surface area contributed by atoms with E-state index in [1.54, 1.807) is 0 Å². The van der Waals surface area contributed by atoms with E-state index in [-0.39, 0.29) is 35.2 Å². The van der Waals surface area contributed by atoms with Gasteiger partial charge in [0.15, 0.2) is 5.57 Å². The Kier molecular flexibility index (Phi) is 7.09. The average Bonchev–Trinajstić information content (AvgIpc) is 2.97. The molecule has 11 heteroatoms. The van der Waals surface area contributed by atoms with Gasteiger partial charge in [-0.3, -0.25) is 5.06 Å². The molecule has 0 spiro atoms. The van der Waals surface area contributed by atoms with E-state index in [1.807, 2.05) is 0 Å². The normalized spacial score (nSPS) is 20.3. The molecule has 0 radical (unpaired) electrons. The lowest BCUT2D eigenvalue weighted by Crippen LogP contribution is -2.99. The molecule has 1 unspecified atom stereocenters. The summed E-state index contributed by atoms with van der Waals surface area (Å²) < 4.78 is 48.9. The highest BCUT2D eigenvalue weighted by atomic mass is 32.2. The fraction of sp³-hybridized carbons (Fsp3) is 0.526. The fourth-order valence-corrected chi connectivity index (χ4v) is 4.17. The molecule has 1 aromatic rings. The van der Waals surface area contributed by atoms with Gasteiger partial charge in [0, 0.05) is 19.2 Å². The number of hydrogen-bond donors (Lipinski definition) is 2. The summed E-state index contributed by atoms with van der Waals surface area (Å²) in [4.78, 5) is 14.8. The molecule has 0 amide bonds. The molecule has 3 rings (SSSR count). The largest absolute Gasteiger partial charge is 0.621 e. The van der Waals surface area contributed by atoms with Crippen LogP contribution in [0.3, 0.4) is 0 Å². The number of methoxy groups -OCH3 is 1. The molecule has 0 bridgehead atoms. The zero-order valence-electron chi connectivity index (χ0n) is 16.9. The van der Waals surface area contributed by atoms with Crippen LogP contribution in [0.4, 0.5) is 10.1 Å². The van der Waals surface area contributed by atoms with Gasteiger partial charge in [0.25, 0.3) is 0 Å². The van der Waals surface area contributed by atoms with Gasteiger partial charge in [-0.1, -0.05) is 0 Å². The molecule has 2 N–H and O–H groups in total. The fourth-order valence-electron chi connectivity index (χ4n) is 3.71. The number of halogens is 1. The Balaban J connectivity index is 1.53. The van der Waals surface area contributed by atoms with E-state index < -0.39 is 26.9 Å². The minimum absolute atomic E-state index is 0.0405. The number of rotatable bonds is 8. The minimum atomic E-state index is -3.19. The first-order valence-corrected chi connectivity index (χ1v) is 11.6. The van der Waals surface area contributed by atoms with Crippen LogP contribution < -0.4 is 9.79 Å². The van der Waals surface area contributed by atoms with Gasteiger partial charge in [-0.25, -0.2) is 22.3 Å². The van der Waals surface area contributed by atoms with Crippen LogP contribution in [0.5, 0.6) is 0 Å². The topological polar surface area (TPSA) is 112 Å². The van der Waals surface area contributed by atoms with E-state index in [1.165, 1.54) is 13.2 Å². The van der Waals surface area contributed by atoms with Crippen LogP contribution in [-0.4, -0.2) is 65.4 Å². The van der Waals surface area contributed by atoms with Crippen molar-refractivity contribution in [1.29, 1.82) is 0 Å². The molecule has 30 heavy (non-hydrogen) atoms. The summed E-state index contributed by atoms with van der Waals surface area (Å²) in [6, 6.07) is 3.64. The number of ether oxygens (including phenoxy) is 2. The van der Waals surface area contributed by atoms with E-state index in [4.69, 9.17) is 9.47 Å². The third kappa shape index (κ3) is 5.35. The van der Waals surface area contributed by atoms with Crippen LogP contribution in [0.25, 0.3) is 5.57 Å². The van der Waals surface area contributed by atoms with E-state index in [2.05, 4.69) is 9.62 Å². The van der Waals surface area contributed by atoms with Gasteiger partial charge in [-0.15, -0.1) is 0 Å². The highest BCUT2D eigenvalue weighted by molar-refractivity contribution is 7.88. The molecule has 166 valence electrons. The number of esters is 1. The molecule has 1 fully saturated rings. The van der Waals surface area contributed by atoms with Gasteiger partial charge in [-0.05, 0) is 44.0 Å². The Bertz CT molecular complexity index is 928. The SMILES string of the molecule is COC1=C(C(=O)OCC2CCN(CCNS(C)(=O)=O)CC2)c2cc(F)ccc2[NH+]1[O-]. The Morgan fingerprint density at radius 2 is 2.07 bits per heavy atom. The quantitative estimate of drug-likeness (QED) is 0.429. The van der Waals surface area contributed by atoms with Crippen LogP contribution in [0.15, 0.2) is 24.1 Å². The van der Waals surface area contributed by atoms with Crippen LogP contribution >= 0.6 is 0 Å². The van der Waals surface area contributed by atoms with Gasteiger partial charge in [0.1, 0.15) is 11.5 Å². The molecule has 2 aliphatic rings. The van der Waals surface area contributed by atoms with Crippen molar-refractivity contribution >= 4 is 27.3 Å². The Labute approximate surface area is 175 Å². The number of likely N-dealkylation sites (tertiary alicyclic amines) is 1. The molecule has 2 aliphatic heterocycles. The van der Waals surface area contributed by atoms with Crippen molar-refractivity contribution in [1.82, 2.24) is 9.62 Å². The molecule has 0 aromatic heterocycles. The molecule has 1 saturated heterocycles. The molecule has 2 heterocycles. The van der Waals surface area contributed by atoms with E-state index in [9.17, 15) is 22.8 Å². The van der Waals surface area contributed by atoms with Crippen LogP contribution in [-0.2, 0) is 24.3 Å². The second kappa shape index (κ2) is 9.40. The van der Waals surface area contributed by atoms with E-state index >= 15 is 0 Å². The van der Waals surface area contributed by atoms with Crippen molar-refractivity contribution in [2.75, 3.05) is 46.2 Å². The minimum Gasteiger partial charge on any atom is -0.621 e. The third-order valence-corrected chi connectivity index (χ3v) is 6.02. The highest BCUT2D eigenvalue weighted by Crippen LogP contribution is 2.31. The summed E-state index contributed by atoms with van der Waals surface area (Å²) in [7, 11) is -1.90. The predicted octanol–water partition coefficient (Wildman–Crippen LogP) is -0.0271. The highest BCUT2D eigenvalue weighted by Gasteiger charge is 2.37. The Morgan fingerprint density at radius 3 is 2.70 bits per heavy atom. The summed E-state index contributed by atoms with van der Waals surface area (Å²) in [6.07, 6.45) is 2.72. The Morgan fingerprint density at radius 1 is 1.37 bits per heavy atom. The second-order valence-corrected chi connectivity index (χ2v) is 9.31. The average molecular weight is 443 g/mol. The number of benzene rings is 1. The van der Waals surface area contributed by atoms with Crippen LogP contribution in [0.1, 0.15) is 18.4 Å². The van der Waals surface area contributed by atoms with Crippen LogP contribution in [0.2, 0.25) is 0 Å². The maximum Gasteiger partial charge on any atom is 0.348 e. The van der Waals surface area contributed by atoms with Gasteiger partial charge >= 0.3 is 11.9 Å². The second-order valence-electron chi connectivity index (χ2n) is 7.48. The van der Waals surface area contributed by atoms with Gasteiger partial charge in [-0.2, -0.15) is 0 Å².